The largest absolute Gasteiger partial charge is 0.508 e. The Morgan fingerprint density at radius 2 is 2.11 bits per heavy atom. The standard InChI is InChI=1S/C14H22BrNO2S/c1-4-12(16-9(2)14(8-17)19-3)11-7-10(15)5-6-13(11)18/h5-7,9,12,14,16-18H,4,8H2,1-3H3. The maximum atomic E-state index is 9.99. The van der Waals surface area contributed by atoms with Crippen molar-refractivity contribution in [2.75, 3.05) is 12.9 Å². The lowest BCUT2D eigenvalue weighted by Crippen LogP contribution is -2.39. The van der Waals surface area contributed by atoms with Crippen LogP contribution < -0.4 is 5.32 Å². The average Bonchev–Trinajstić information content (AvgIpc) is 2.40. The van der Waals surface area contributed by atoms with E-state index in [1.165, 1.54) is 0 Å². The molecular weight excluding hydrogens is 326 g/mol. The van der Waals surface area contributed by atoms with Gasteiger partial charge in [-0.05, 0) is 37.8 Å². The lowest BCUT2D eigenvalue weighted by atomic mass is 10.0. The minimum absolute atomic E-state index is 0.0775. The van der Waals surface area contributed by atoms with E-state index < -0.39 is 0 Å². The van der Waals surface area contributed by atoms with Gasteiger partial charge in [-0.1, -0.05) is 22.9 Å². The van der Waals surface area contributed by atoms with E-state index in [9.17, 15) is 10.2 Å². The van der Waals surface area contributed by atoms with Crippen LogP contribution in [0.2, 0.25) is 0 Å². The molecule has 0 radical (unpaired) electrons. The van der Waals surface area contributed by atoms with Gasteiger partial charge in [0.25, 0.3) is 0 Å². The van der Waals surface area contributed by atoms with Crippen molar-refractivity contribution in [3.05, 3.63) is 28.2 Å². The minimum atomic E-state index is 0.0775. The Balaban J connectivity index is 2.86. The van der Waals surface area contributed by atoms with Crippen molar-refractivity contribution in [1.29, 1.82) is 0 Å². The molecule has 1 rings (SSSR count). The van der Waals surface area contributed by atoms with Gasteiger partial charge in [-0.2, -0.15) is 11.8 Å². The van der Waals surface area contributed by atoms with Gasteiger partial charge in [-0.15, -0.1) is 0 Å². The maximum Gasteiger partial charge on any atom is 0.120 e. The second-order valence-corrected chi connectivity index (χ2v) is 6.57. The maximum absolute atomic E-state index is 9.99. The van der Waals surface area contributed by atoms with E-state index in [2.05, 4.69) is 35.1 Å². The lowest BCUT2D eigenvalue weighted by Gasteiger charge is -2.27. The van der Waals surface area contributed by atoms with Gasteiger partial charge in [-0.25, -0.2) is 0 Å². The fourth-order valence-corrected chi connectivity index (χ4v) is 3.11. The van der Waals surface area contributed by atoms with Gasteiger partial charge >= 0.3 is 0 Å². The second kappa shape index (κ2) is 8.15. The number of hydrogen-bond donors (Lipinski definition) is 3. The molecule has 0 heterocycles. The zero-order valence-electron chi connectivity index (χ0n) is 11.6. The van der Waals surface area contributed by atoms with Crippen LogP contribution in [0, 0.1) is 0 Å². The first-order chi connectivity index (χ1) is 9.03. The van der Waals surface area contributed by atoms with Crippen molar-refractivity contribution < 1.29 is 10.2 Å². The van der Waals surface area contributed by atoms with E-state index >= 15 is 0 Å². The van der Waals surface area contributed by atoms with Gasteiger partial charge < -0.3 is 15.5 Å². The van der Waals surface area contributed by atoms with Crippen LogP contribution in [0.15, 0.2) is 22.7 Å². The topological polar surface area (TPSA) is 52.5 Å². The molecule has 0 fully saturated rings. The van der Waals surface area contributed by atoms with Crippen molar-refractivity contribution in [1.82, 2.24) is 5.32 Å². The summed E-state index contributed by atoms with van der Waals surface area (Å²) < 4.78 is 0.955. The van der Waals surface area contributed by atoms with Gasteiger partial charge in [0.2, 0.25) is 0 Å². The molecule has 3 nitrogen and oxygen atoms in total. The fourth-order valence-electron chi connectivity index (χ4n) is 2.09. The van der Waals surface area contributed by atoms with Gasteiger partial charge in [-0.3, -0.25) is 0 Å². The summed E-state index contributed by atoms with van der Waals surface area (Å²) in [6.07, 6.45) is 2.87. The molecule has 0 aliphatic rings. The predicted molar refractivity (Wildman–Crippen MR) is 85.8 cm³/mol. The van der Waals surface area contributed by atoms with E-state index in [-0.39, 0.29) is 23.9 Å². The third-order valence-corrected chi connectivity index (χ3v) is 4.93. The number of halogens is 1. The monoisotopic (exact) mass is 347 g/mol. The van der Waals surface area contributed by atoms with Gasteiger partial charge in [0.15, 0.2) is 0 Å². The van der Waals surface area contributed by atoms with Crippen molar-refractivity contribution in [2.45, 2.75) is 37.6 Å². The Kier molecular flexibility index (Phi) is 7.21. The first-order valence-electron chi connectivity index (χ1n) is 6.41. The number of nitrogens with one attached hydrogen (secondary N) is 1. The van der Waals surface area contributed by atoms with E-state index in [0.717, 1.165) is 16.5 Å². The lowest BCUT2D eigenvalue weighted by molar-refractivity contribution is 0.269. The van der Waals surface area contributed by atoms with Crippen molar-refractivity contribution in [3.8, 4) is 5.75 Å². The zero-order chi connectivity index (χ0) is 14.4. The number of phenols is 1. The Bertz CT molecular complexity index is 399. The smallest absolute Gasteiger partial charge is 0.120 e. The fraction of sp³-hybridized carbons (Fsp3) is 0.571. The molecule has 0 aromatic heterocycles. The molecule has 3 atom stereocenters. The van der Waals surface area contributed by atoms with Crippen molar-refractivity contribution in [2.24, 2.45) is 0 Å². The Morgan fingerprint density at radius 3 is 2.63 bits per heavy atom. The van der Waals surface area contributed by atoms with Crippen molar-refractivity contribution >= 4 is 27.7 Å². The highest BCUT2D eigenvalue weighted by Crippen LogP contribution is 2.30. The Hall–Kier alpha value is -0.230. The third-order valence-electron chi connectivity index (χ3n) is 3.28. The van der Waals surface area contributed by atoms with Crippen LogP contribution in [-0.2, 0) is 0 Å². The summed E-state index contributed by atoms with van der Waals surface area (Å²) in [5.74, 6) is 0.305. The number of aliphatic hydroxyl groups excluding tert-OH is 1. The zero-order valence-corrected chi connectivity index (χ0v) is 14.0. The molecule has 0 amide bonds. The average molecular weight is 348 g/mol. The molecule has 3 N–H and O–H groups in total. The SMILES string of the molecule is CCC(NC(C)C(CO)SC)c1cc(Br)ccc1O. The van der Waals surface area contributed by atoms with Crippen LogP contribution in [0.3, 0.4) is 0 Å². The second-order valence-electron chi connectivity index (χ2n) is 4.58. The van der Waals surface area contributed by atoms with Gasteiger partial charge in [0, 0.05) is 27.4 Å². The van der Waals surface area contributed by atoms with Crippen LogP contribution in [0.1, 0.15) is 31.9 Å². The third kappa shape index (κ3) is 4.67. The Labute approximate surface area is 127 Å². The summed E-state index contributed by atoms with van der Waals surface area (Å²) in [5, 5.41) is 23.0. The number of benzene rings is 1. The summed E-state index contributed by atoms with van der Waals surface area (Å²) in [5.41, 5.74) is 0.890. The molecule has 108 valence electrons. The summed E-state index contributed by atoms with van der Waals surface area (Å²) in [6, 6.07) is 5.72. The van der Waals surface area contributed by atoms with Crippen LogP contribution >= 0.6 is 27.7 Å². The van der Waals surface area contributed by atoms with E-state index in [0.29, 0.717) is 5.75 Å². The summed E-state index contributed by atoms with van der Waals surface area (Å²) >= 11 is 5.08. The first kappa shape index (κ1) is 16.8. The molecule has 3 unspecified atom stereocenters. The van der Waals surface area contributed by atoms with E-state index in [1.807, 2.05) is 18.4 Å². The molecule has 0 saturated heterocycles. The molecule has 0 bridgehead atoms. The highest BCUT2D eigenvalue weighted by atomic mass is 79.9. The molecule has 0 saturated carbocycles. The van der Waals surface area contributed by atoms with Crippen molar-refractivity contribution in [3.63, 3.8) is 0 Å². The molecule has 0 aliphatic carbocycles. The number of aromatic hydroxyl groups is 1. The predicted octanol–water partition coefficient (Wildman–Crippen LogP) is 3.31. The number of aliphatic hydroxyl groups is 1. The van der Waals surface area contributed by atoms with E-state index in [1.54, 1.807) is 17.8 Å². The molecule has 19 heavy (non-hydrogen) atoms. The normalized spacial score (nSPS) is 16.1. The van der Waals surface area contributed by atoms with Gasteiger partial charge in [0.05, 0.1) is 6.61 Å². The number of hydrogen-bond acceptors (Lipinski definition) is 4. The molecular formula is C14H22BrNO2S. The first-order valence-corrected chi connectivity index (χ1v) is 8.49. The molecule has 1 aromatic carbocycles. The number of thioether (sulfide) groups is 1. The highest BCUT2D eigenvalue weighted by molar-refractivity contribution is 9.10. The molecule has 5 heteroatoms. The molecule has 0 spiro atoms. The summed E-state index contributed by atoms with van der Waals surface area (Å²) in [7, 11) is 0. The van der Waals surface area contributed by atoms with Crippen LogP contribution in [0.25, 0.3) is 0 Å². The highest BCUT2D eigenvalue weighted by Gasteiger charge is 2.21. The van der Waals surface area contributed by atoms with Crippen LogP contribution in [-0.4, -0.2) is 34.4 Å². The number of phenolic OH excluding ortho intramolecular Hbond substituents is 1. The summed E-state index contributed by atoms with van der Waals surface area (Å²) in [4.78, 5) is 0. The van der Waals surface area contributed by atoms with Gasteiger partial charge in [0.1, 0.15) is 5.75 Å². The van der Waals surface area contributed by atoms with E-state index in [4.69, 9.17) is 0 Å². The molecule has 0 aliphatic heterocycles. The quantitative estimate of drug-likeness (QED) is 0.708. The molecule has 1 aromatic rings. The minimum Gasteiger partial charge on any atom is -0.508 e. The van der Waals surface area contributed by atoms with Crippen LogP contribution in [0.5, 0.6) is 5.75 Å². The van der Waals surface area contributed by atoms with Crippen LogP contribution in [0.4, 0.5) is 0 Å². The summed E-state index contributed by atoms with van der Waals surface area (Å²) in [6.45, 7) is 4.29. The Morgan fingerprint density at radius 1 is 1.42 bits per heavy atom. The number of rotatable bonds is 7.